The van der Waals surface area contributed by atoms with Crippen molar-refractivity contribution < 1.29 is 18.0 Å². The van der Waals surface area contributed by atoms with E-state index in [1.807, 2.05) is 0 Å². The molecule has 0 saturated carbocycles. The van der Waals surface area contributed by atoms with Crippen molar-refractivity contribution in [3.05, 3.63) is 18.2 Å². The molecule has 0 bridgehead atoms. The normalized spacial score (nSPS) is 15.5. The number of hydrogen-bond donors (Lipinski definition) is 0. The lowest BCUT2D eigenvalue weighted by atomic mass is 10.3. The number of fused-ring (bicyclic) bond motifs is 1. The van der Waals surface area contributed by atoms with E-state index < -0.39 is 9.84 Å². The first-order valence-corrected chi connectivity index (χ1v) is 11.7. The van der Waals surface area contributed by atoms with Crippen LogP contribution in [0.3, 0.4) is 0 Å². The summed E-state index contributed by atoms with van der Waals surface area (Å²) in [5, 5.41) is 0.774. The van der Waals surface area contributed by atoms with Crippen LogP contribution in [0.5, 0.6) is 0 Å². The van der Waals surface area contributed by atoms with Crippen LogP contribution in [0.1, 0.15) is 6.92 Å². The third kappa shape index (κ3) is 4.36. The van der Waals surface area contributed by atoms with Crippen molar-refractivity contribution in [3.63, 3.8) is 0 Å². The van der Waals surface area contributed by atoms with Crippen LogP contribution in [0, 0.1) is 0 Å². The second-order valence-electron chi connectivity index (χ2n) is 6.05. The number of rotatable bonds is 4. The largest absolute Gasteiger partial charge is 0.345 e. The highest BCUT2D eigenvalue weighted by molar-refractivity contribution is 8.14. The smallest absolute Gasteiger partial charge is 0.233 e. The fraction of sp³-hybridized carbons (Fsp3) is 0.438. The van der Waals surface area contributed by atoms with Crippen LogP contribution in [-0.4, -0.2) is 67.5 Å². The molecule has 7 nitrogen and oxygen atoms in total. The van der Waals surface area contributed by atoms with Gasteiger partial charge in [0.2, 0.25) is 5.91 Å². The fourth-order valence-corrected chi connectivity index (χ4v) is 4.95. The minimum Gasteiger partial charge on any atom is -0.345 e. The second kappa shape index (κ2) is 7.53. The van der Waals surface area contributed by atoms with Crippen molar-refractivity contribution in [2.45, 2.75) is 11.8 Å². The lowest BCUT2D eigenvalue weighted by Gasteiger charge is -2.34. The van der Waals surface area contributed by atoms with E-state index in [9.17, 15) is 18.0 Å². The number of piperazine rings is 1. The van der Waals surface area contributed by atoms with E-state index in [0.29, 0.717) is 31.1 Å². The molecule has 1 amide bonds. The number of thiazole rings is 1. The maximum Gasteiger partial charge on any atom is 0.233 e. The maximum absolute atomic E-state index is 12.1. The van der Waals surface area contributed by atoms with Gasteiger partial charge in [-0.05, 0) is 18.2 Å². The van der Waals surface area contributed by atoms with Gasteiger partial charge in [0.1, 0.15) is 0 Å². The number of carbonyl (C=O) groups is 2. The molecule has 0 N–H and O–H groups in total. The van der Waals surface area contributed by atoms with Crippen molar-refractivity contribution in [1.82, 2.24) is 9.88 Å². The van der Waals surface area contributed by atoms with Crippen LogP contribution in [-0.2, 0) is 19.4 Å². The van der Waals surface area contributed by atoms with Gasteiger partial charge in [-0.1, -0.05) is 23.1 Å². The van der Waals surface area contributed by atoms with Gasteiger partial charge in [0, 0.05) is 39.4 Å². The zero-order valence-corrected chi connectivity index (χ0v) is 16.9. The third-order valence-electron chi connectivity index (χ3n) is 4.08. The molecule has 1 aliphatic rings. The van der Waals surface area contributed by atoms with E-state index >= 15 is 0 Å². The summed E-state index contributed by atoms with van der Waals surface area (Å²) in [6.07, 6.45) is 1.19. The number of aromatic nitrogens is 1. The molecule has 2 heterocycles. The Labute approximate surface area is 160 Å². The highest BCUT2D eigenvalue weighted by atomic mass is 32.2. The number of anilines is 1. The van der Waals surface area contributed by atoms with Gasteiger partial charge in [-0.2, -0.15) is 0 Å². The number of amides is 1. The van der Waals surface area contributed by atoms with Gasteiger partial charge < -0.3 is 9.80 Å². The summed E-state index contributed by atoms with van der Waals surface area (Å²) in [7, 11) is -3.24. The van der Waals surface area contributed by atoms with Crippen molar-refractivity contribution in [3.8, 4) is 0 Å². The minimum atomic E-state index is -3.24. The Morgan fingerprint density at radius 2 is 1.92 bits per heavy atom. The Morgan fingerprint density at radius 3 is 2.54 bits per heavy atom. The topological polar surface area (TPSA) is 87.7 Å². The van der Waals surface area contributed by atoms with Gasteiger partial charge in [0.15, 0.2) is 20.1 Å². The number of sulfone groups is 1. The number of thioether (sulfide) groups is 1. The lowest BCUT2D eigenvalue weighted by molar-refractivity contribution is -0.128. The van der Waals surface area contributed by atoms with Crippen LogP contribution >= 0.6 is 23.1 Å². The van der Waals surface area contributed by atoms with Gasteiger partial charge in [-0.15, -0.1) is 0 Å². The van der Waals surface area contributed by atoms with E-state index in [1.54, 1.807) is 23.1 Å². The van der Waals surface area contributed by atoms with Crippen molar-refractivity contribution in [2.24, 2.45) is 0 Å². The van der Waals surface area contributed by atoms with E-state index in [0.717, 1.165) is 27.1 Å². The molecular formula is C16H19N3O4S3. The molecule has 140 valence electrons. The average molecular weight is 414 g/mol. The Kier molecular flexibility index (Phi) is 5.54. The number of nitrogens with zero attached hydrogens (tertiary/aromatic N) is 3. The summed E-state index contributed by atoms with van der Waals surface area (Å²) in [4.78, 5) is 31.8. The molecular weight excluding hydrogens is 394 g/mol. The van der Waals surface area contributed by atoms with Gasteiger partial charge in [-0.3, -0.25) is 9.59 Å². The molecule has 1 saturated heterocycles. The zero-order valence-electron chi connectivity index (χ0n) is 14.5. The molecule has 1 fully saturated rings. The molecule has 0 radical (unpaired) electrons. The molecule has 1 aliphatic heterocycles. The molecule has 1 aromatic carbocycles. The summed E-state index contributed by atoms with van der Waals surface area (Å²) in [6, 6.07) is 4.96. The van der Waals surface area contributed by atoms with Crippen LogP contribution in [0.4, 0.5) is 5.13 Å². The first kappa shape index (κ1) is 19.1. The highest BCUT2D eigenvalue weighted by Crippen LogP contribution is 2.31. The number of carbonyl (C=O) groups excluding carboxylic acids is 2. The van der Waals surface area contributed by atoms with E-state index in [4.69, 9.17) is 0 Å². The van der Waals surface area contributed by atoms with E-state index in [2.05, 4.69) is 9.88 Å². The standard InChI is InChI=1S/C16H19N3O4S3/c1-11(20)24-10-15(21)18-5-7-19(8-6-18)16-17-13-4-3-12(26(2,22)23)9-14(13)25-16/h3-4,9H,5-8,10H2,1-2H3. The van der Waals surface area contributed by atoms with E-state index in [-0.39, 0.29) is 16.8 Å². The summed E-state index contributed by atoms with van der Waals surface area (Å²) in [6.45, 7) is 3.95. The molecule has 1 aromatic heterocycles. The predicted molar refractivity (Wildman–Crippen MR) is 105 cm³/mol. The molecule has 3 rings (SSSR count). The number of benzene rings is 1. The molecule has 26 heavy (non-hydrogen) atoms. The SMILES string of the molecule is CC(=O)SCC(=O)N1CCN(c2nc3ccc(S(C)(=O)=O)cc3s2)CC1. The van der Waals surface area contributed by atoms with Crippen LogP contribution in [0.2, 0.25) is 0 Å². The molecule has 0 spiro atoms. The van der Waals surface area contributed by atoms with Crippen LogP contribution in [0.25, 0.3) is 10.2 Å². The summed E-state index contributed by atoms with van der Waals surface area (Å²) < 4.78 is 24.2. The maximum atomic E-state index is 12.1. The first-order valence-electron chi connectivity index (χ1n) is 8.01. The Balaban J connectivity index is 1.68. The summed E-state index contributed by atoms with van der Waals surface area (Å²) >= 11 is 2.49. The fourth-order valence-electron chi connectivity index (χ4n) is 2.66. The third-order valence-corrected chi connectivity index (χ3v) is 7.07. The van der Waals surface area contributed by atoms with Gasteiger partial charge >= 0.3 is 0 Å². The predicted octanol–water partition coefficient (Wildman–Crippen LogP) is 1.63. The summed E-state index contributed by atoms with van der Waals surface area (Å²) in [5.41, 5.74) is 0.772. The Bertz CT molecular complexity index is 947. The molecule has 2 aromatic rings. The van der Waals surface area contributed by atoms with Crippen molar-refractivity contribution >= 4 is 59.3 Å². The van der Waals surface area contributed by atoms with Crippen molar-refractivity contribution in [2.75, 3.05) is 43.1 Å². The van der Waals surface area contributed by atoms with Crippen molar-refractivity contribution in [1.29, 1.82) is 0 Å². The first-order chi connectivity index (χ1) is 12.2. The monoisotopic (exact) mass is 413 g/mol. The number of hydrogen-bond acceptors (Lipinski definition) is 8. The highest BCUT2D eigenvalue weighted by Gasteiger charge is 2.23. The second-order valence-corrected chi connectivity index (χ2v) is 10.2. The molecule has 0 atom stereocenters. The molecule has 10 heteroatoms. The Morgan fingerprint density at radius 1 is 1.23 bits per heavy atom. The Hall–Kier alpha value is -1.65. The van der Waals surface area contributed by atoms with Crippen LogP contribution in [0.15, 0.2) is 23.1 Å². The summed E-state index contributed by atoms with van der Waals surface area (Å²) in [5.74, 6) is 0.164. The molecule has 0 unspecified atom stereocenters. The quantitative estimate of drug-likeness (QED) is 0.753. The van der Waals surface area contributed by atoms with Crippen LogP contribution < -0.4 is 4.90 Å². The van der Waals surface area contributed by atoms with Gasteiger partial charge in [0.25, 0.3) is 0 Å². The van der Waals surface area contributed by atoms with E-state index in [1.165, 1.54) is 24.5 Å². The van der Waals surface area contributed by atoms with Gasteiger partial charge in [0.05, 0.1) is 20.9 Å². The zero-order chi connectivity index (χ0) is 18.9. The van der Waals surface area contributed by atoms with Gasteiger partial charge in [-0.25, -0.2) is 13.4 Å². The average Bonchev–Trinajstić information content (AvgIpc) is 3.02. The lowest BCUT2D eigenvalue weighted by Crippen LogP contribution is -2.49. The minimum absolute atomic E-state index is 0.0213. The molecule has 0 aliphatic carbocycles.